The van der Waals surface area contributed by atoms with Gasteiger partial charge in [-0.05, 0) is 12.1 Å². The lowest BCUT2D eigenvalue weighted by atomic mass is 10.3. The molecule has 0 saturated carbocycles. The Labute approximate surface area is 91.6 Å². The summed E-state index contributed by atoms with van der Waals surface area (Å²) >= 11 is 3.21. The molecule has 0 radical (unpaired) electrons. The highest BCUT2D eigenvalue weighted by molar-refractivity contribution is 9.09. The fourth-order valence-electron chi connectivity index (χ4n) is 1.05. The fourth-order valence-corrected chi connectivity index (χ4v) is 1.41. The van der Waals surface area contributed by atoms with Gasteiger partial charge in [0.2, 0.25) is 5.91 Å². The Morgan fingerprint density at radius 2 is 2.21 bits per heavy atom. The molecule has 0 bridgehead atoms. The van der Waals surface area contributed by atoms with Crippen molar-refractivity contribution in [2.75, 3.05) is 17.8 Å². The first kappa shape index (κ1) is 11.0. The van der Waals surface area contributed by atoms with Crippen LogP contribution in [-0.4, -0.2) is 18.3 Å². The molecule has 14 heavy (non-hydrogen) atoms. The van der Waals surface area contributed by atoms with Gasteiger partial charge in [0.25, 0.3) is 0 Å². The van der Waals surface area contributed by atoms with Crippen LogP contribution in [0.15, 0.2) is 24.3 Å². The molecule has 4 heteroatoms. The van der Waals surface area contributed by atoms with Crippen LogP contribution in [0.5, 0.6) is 5.75 Å². The summed E-state index contributed by atoms with van der Waals surface area (Å²) in [5.74, 6) is 0.654. The number of amides is 1. The van der Waals surface area contributed by atoms with Crippen LogP contribution in [0.2, 0.25) is 0 Å². The summed E-state index contributed by atoms with van der Waals surface area (Å²) in [4.78, 5) is 11.3. The number of carbonyl (C=O) groups excluding carboxylic acids is 1. The van der Waals surface area contributed by atoms with Crippen LogP contribution in [0.3, 0.4) is 0 Å². The summed E-state index contributed by atoms with van der Waals surface area (Å²) in [5.41, 5.74) is 0.709. The van der Waals surface area contributed by atoms with E-state index in [0.717, 1.165) is 0 Å². The largest absolute Gasteiger partial charge is 0.495 e. The van der Waals surface area contributed by atoms with E-state index in [2.05, 4.69) is 21.2 Å². The number of carbonyl (C=O) groups is 1. The number of para-hydroxylation sites is 2. The molecule has 0 saturated heterocycles. The fraction of sp³-hybridized carbons (Fsp3) is 0.300. The molecule has 0 aliphatic heterocycles. The molecule has 76 valence electrons. The van der Waals surface area contributed by atoms with Gasteiger partial charge in [-0.25, -0.2) is 0 Å². The summed E-state index contributed by atoms with van der Waals surface area (Å²) < 4.78 is 5.10. The number of hydrogen-bond acceptors (Lipinski definition) is 2. The van der Waals surface area contributed by atoms with Crippen LogP contribution in [0, 0.1) is 0 Å². The van der Waals surface area contributed by atoms with Crippen molar-refractivity contribution in [3.63, 3.8) is 0 Å². The SMILES string of the molecule is COc1ccccc1NC(=O)CCBr. The molecule has 1 rings (SSSR count). The quantitative estimate of drug-likeness (QED) is 0.842. The van der Waals surface area contributed by atoms with E-state index in [9.17, 15) is 4.79 Å². The summed E-state index contributed by atoms with van der Waals surface area (Å²) in [6, 6.07) is 7.33. The van der Waals surface area contributed by atoms with E-state index in [4.69, 9.17) is 4.74 Å². The maximum atomic E-state index is 11.3. The van der Waals surface area contributed by atoms with E-state index in [0.29, 0.717) is 23.2 Å². The number of anilines is 1. The van der Waals surface area contributed by atoms with Crippen LogP contribution in [0.4, 0.5) is 5.69 Å². The van der Waals surface area contributed by atoms with Crippen molar-refractivity contribution in [2.24, 2.45) is 0 Å². The third kappa shape index (κ3) is 3.03. The van der Waals surface area contributed by atoms with Crippen LogP contribution in [-0.2, 0) is 4.79 Å². The average molecular weight is 258 g/mol. The zero-order valence-electron chi connectivity index (χ0n) is 7.92. The van der Waals surface area contributed by atoms with Gasteiger partial charge in [-0.2, -0.15) is 0 Å². The van der Waals surface area contributed by atoms with Gasteiger partial charge >= 0.3 is 0 Å². The Morgan fingerprint density at radius 3 is 2.86 bits per heavy atom. The Kier molecular flexibility index (Phi) is 4.46. The van der Waals surface area contributed by atoms with Crippen molar-refractivity contribution >= 4 is 27.5 Å². The number of benzene rings is 1. The highest BCUT2D eigenvalue weighted by atomic mass is 79.9. The van der Waals surface area contributed by atoms with Gasteiger partial charge in [0.05, 0.1) is 12.8 Å². The highest BCUT2D eigenvalue weighted by Crippen LogP contribution is 2.22. The van der Waals surface area contributed by atoms with Crippen molar-refractivity contribution < 1.29 is 9.53 Å². The third-order valence-electron chi connectivity index (χ3n) is 1.70. The van der Waals surface area contributed by atoms with Crippen molar-refractivity contribution in [3.8, 4) is 5.75 Å². The van der Waals surface area contributed by atoms with Gasteiger partial charge in [0, 0.05) is 11.8 Å². The van der Waals surface area contributed by atoms with Crippen molar-refractivity contribution in [2.45, 2.75) is 6.42 Å². The molecule has 0 spiro atoms. The number of methoxy groups -OCH3 is 1. The topological polar surface area (TPSA) is 38.3 Å². The van der Waals surface area contributed by atoms with Gasteiger partial charge in [-0.1, -0.05) is 28.1 Å². The first-order valence-corrected chi connectivity index (χ1v) is 5.39. The second-order valence-electron chi connectivity index (χ2n) is 2.69. The van der Waals surface area contributed by atoms with Crippen LogP contribution in [0.1, 0.15) is 6.42 Å². The number of alkyl halides is 1. The van der Waals surface area contributed by atoms with E-state index in [-0.39, 0.29) is 5.91 Å². The van der Waals surface area contributed by atoms with Crippen LogP contribution in [0.25, 0.3) is 0 Å². The van der Waals surface area contributed by atoms with Crippen molar-refractivity contribution in [1.29, 1.82) is 0 Å². The minimum Gasteiger partial charge on any atom is -0.495 e. The Hall–Kier alpha value is -1.03. The smallest absolute Gasteiger partial charge is 0.225 e. The second-order valence-corrected chi connectivity index (χ2v) is 3.48. The van der Waals surface area contributed by atoms with E-state index >= 15 is 0 Å². The Balaban J connectivity index is 2.70. The maximum absolute atomic E-state index is 11.3. The van der Waals surface area contributed by atoms with E-state index in [1.807, 2.05) is 24.3 Å². The van der Waals surface area contributed by atoms with Crippen molar-refractivity contribution in [3.05, 3.63) is 24.3 Å². The van der Waals surface area contributed by atoms with Gasteiger partial charge in [0.1, 0.15) is 5.75 Å². The molecule has 3 nitrogen and oxygen atoms in total. The third-order valence-corrected chi connectivity index (χ3v) is 2.10. The molecule has 0 heterocycles. The van der Waals surface area contributed by atoms with E-state index in [1.54, 1.807) is 7.11 Å². The zero-order chi connectivity index (χ0) is 10.4. The monoisotopic (exact) mass is 257 g/mol. The second kappa shape index (κ2) is 5.65. The summed E-state index contributed by atoms with van der Waals surface area (Å²) in [6.45, 7) is 0. The standard InChI is InChI=1S/C10H12BrNO2/c1-14-9-5-3-2-4-8(9)12-10(13)6-7-11/h2-5H,6-7H2,1H3,(H,12,13). The highest BCUT2D eigenvalue weighted by Gasteiger charge is 2.05. The molecule has 0 aliphatic carbocycles. The molecule has 0 atom stereocenters. The average Bonchev–Trinajstić information content (AvgIpc) is 2.19. The molecule has 1 N–H and O–H groups in total. The predicted molar refractivity (Wildman–Crippen MR) is 60.0 cm³/mol. The lowest BCUT2D eigenvalue weighted by molar-refractivity contribution is -0.115. The molecular weight excluding hydrogens is 246 g/mol. The molecule has 0 aromatic heterocycles. The lowest BCUT2D eigenvalue weighted by Crippen LogP contribution is -2.12. The molecule has 0 fully saturated rings. The minimum atomic E-state index is -0.0219. The molecule has 1 aromatic rings. The summed E-state index contributed by atoms with van der Waals surface area (Å²) in [7, 11) is 1.58. The number of hydrogen-bond donors (Lipinski definition) is 1. The van der Waals surface area contributed by atoms with Crippen LogP contribution < -0.4 is 10.1 Å². The van der Waals surface area contributed by atoms with Gasteiger partial charge < -0.3 is 10.1 Å². The van der Waals surface area contributed by atoms with Crippen molar-refractivity contribution in [1.82, 2.24) is 0 Å². The predicted octanol–water partition coefficient (Wildman–Crippen LogP) is 2.42. The molecule has 0 aliphatic rings. The minimum absolute atomic E-state index is 0.0219. The van der Waals surface area contributed by atoms with E-state index < -0.39 is 0 Å². The van der Waals surface area contributed by atoms with Gasteiger partial charge in [-0.15, -0.1) is 0 Å². The van der Waals surface area contributed by atoms with Crippen LogP contribution >= 0.6 is 15.9 Å². The summed E-state index contributed by atoms with van der Waals surface area (Å²) in [6.07, 6.45) is 0.456. The Bertz CT molecular complexity index is 315. The molecule has 1 amide bonds. The molecule has 1 aromatic carbocycles. The zero-order valence-corrected chi connectivity index (χ0v) is 9.50. The molecule has 0 unspecified atom stereocenters. The first-order valence-electron chi connectivity index (χ1n) is 4.26. The number of halogens is 1. The summed E-state index contributed by atoms with van der Waals surface area (Å²) in [5, 5.41) is 3.43. The van der Waals surface area contributed by atoms with Gasteiger partial charge in [-0.3, -0.25) is 4.79 Å². The first-order chi connectivity index (χ1) is 6.77. The molecular formula is C10H12BrNO2. The maximum Gasteiger partial charge on any atom is 0.225 e. The number of nitrogens with one attached hydrogen (secondary N) is 1. The number of ether oxygens (including phenoxy) is 1. The Morgan fingerprint density at radius 1 is 1.50 bits per heavy atom. The lowest BCUT2D eigenvalue weighted by Gasteiger charge is -2.08. The van der Waals surface area contributed by atoms with Gasteiger partial charge in [0.15, 0.2) is 0 Å². The number of rotatable bonds is 4. The normalized spacial score (nSPS) is 9.57. The van der Waals surface area contributed by atoms with E-state index in [1.165, 1.54) is 0 Å².